The Kier molecular flexibility index (Phi) is 6.39. The van der Waals surface area contributed by atoms with Crippen LogP contribution in [0.4, 0.5) is 4.79 Å². The van der Waals surface area contributed by atoms with E-state index in [0.29, 0.717) is 10.8 Å². The zero-order chi connectivity index (χ0) is 21.0. The Labute approximate surface area is 174 Å². The zero-order valence-corrected chi connectivity index (χ0v) is 17.0. The number of nitrogens with zero attached hydrogens (tertiary/aromatic N) is 1. The van der Waals surface area contributed by atoms with Crippen LogP contribution in [-0.4, -0.2) is 21.9 Å². The number of urea groups is 1. The van der Waals surface area contributed by atoms with E-state index in [4.69, 9.17) is 17.3 Å². The number of hydrogen-bond acceptors (Lipinski definition) is 3. The molecule has 0 aliphatic heterocycles. The van der Waals surface area contributed by atoms with Crippen LogP contribution in [0.2, 0.25) is 5.02 Å². The monoisotopic (exact) mass is 413 g/mol. The van der Waals surface area contributed by atoms with Crippen LogP contribution >= 0.6 is 11.6 Å². The van der Waals surface area contributed by atoms with Gasteiger partial charge in [-0.3, -0.25) is 4.79 Å². The second-order valence-electron chi connectivity index (χ2n) is 7.25. The molecule has 0 fully saturated rings. The van der Waals surface area contributed by atoms with E-state index in [0.717, 1.165) is 16.6 Å². The van der Waals surface area contributed by atoms with Gasteiger partial charge in [0.25, 0.3) is 0 Å². The maximum atomic E-state index is 12.8. The summed E-state index contributed by atoms with van der Waals surface area (Å²) in [6.45, 7) is 4.02. The van der Waals surface area contributed by atoms with Gasteiger partial charge < -0.3 is 21.4 Å². The summed E-state index contributed by atoms with van der Waals surface area (Å²) in [5.41, 5.74) is 7.80. The van der Waals surface area contributed by atoms with E-state index in [1.54, 1.807) is 24.3 Å². The van der Waals surface area contributed by atoms with Gasteiger partial charge in [0.2, 0.25) is 5.91 Å². The molecule has 0 aliphatic rings. The van der Waals surface area contributed by atoms with E-state index in [1.807, 2.05) is 38.1 Å². The summed E-state index contributed by atoms with van der Waals surface area (Å²) in [6, 6.07) is 13.1. The quantitative estimate of drug-likeness (QED) is 0.472. The number of aromatic nitrogens is 2. The first-order valence-corrected chi connectivity index (χ1v) is 9.76. The molecule has 7 nitrogen and oxygen atoms in total. The molecule has 0 aliphatic carbocycles. The van der Waals surface area contributed by atoms with Gasteiger partial charge in [0.15, 0.2) is 0 Å². The van der Waals surface area contributed by atoms with Crippen molar-refractivity contribution in [3.63, 3.8) is 0 Å². The Morgan fingerprint density at radius 3 is 2.41 bits per heavy atom. The lowest BCUT2D eigenvalue weighted by Gasteiger charge is -2.23. The number of H-pyrrole nitrogens is 1. The van der Waals surface area contributed by atoms with Crippen molar-refractivity contribution in [1.29, 1.82) is 0 Å². The fourth-order valence-corrected chi connectivity index (χ4v) is 3.33. The minimum atomic E-state index is -0.699. The number of carbonyl (C=O) groups excluding carboxylic acids is 2. The number of imidazole rings is 1. The topological polar surface area (TPSA) is 113 Å². The first-order chi connectivity index (χ1) is 13.8. The number of fused-ring (bicyclic) bond motifs is 1. The maximum absolute atomic E-state index is 12.8. The number of amides is 3. The average molecular weight is 414 g/mol. The number of para-hydroxylation sites is 2. The molecule has 2 unspecified atom stereocenters. The second-order valence-corrected chi connectivity index (χ2v) is 7.68. The standard InChI is InChI=1S/C21H24ClN5O2/c1-12(2)19(20-24-15-5-3-4-6-16(15)25-20)27-18(28)11-17(26-21(23)29)13-7-9-14(22)10-8-13/h3-10,12,17,19H,11H2,1-2H3,(H,24,25)(H,27,28)(H3,23,26,29). The third-order valence-corrected chi connectivity index (χ3v) is 4.92. The smallest absolute Gasteiger partial charge is 0.312 e. The Hall–Kier alpha value is -3.06. The van der Waals surface area contributed by atoms with E-state index < -0.39 is 12.1 Å². The Morgan fingerprint density at radius 1 is 1.10 bits per heavy atom. The molecule has 8 heteroatoms. The van der Waals surface area contributed by atoms with Gasteiger partial charge in [-0.25, -0.2) is 9.78 Å². The number of carbonyl (C=O) groups is 2. The molecular weight excluding hydrogens is 390 g/mol. The number of nitrogens with two attached hydrogens (primary N) is 1. The van der Waals surface area contributed by atoms with E-state index in [2.05, 4.69) is 20.6 Å². The van der Waals surface area contributed by atoms with E-state index >= 15 is 0 Å². The maximum Gasteiger partial charge on any atom is 0.312 e. The third kappa shape index (κ3) is 5.26. The molecule has 3 amide bonds. The second kappa shape index (κ2) is 8.96. The minimum absolute atomic E-state index is 0.0357. The lowest BCUT2D eigenvalue weighted by molar-refractivity contribution is -0.122. The van der Waals surface area contributed by atoms with Gasteiger partial charge in [0.05, 0.1) is 29.5 Å². The molecule has 152 valence electrons. The Morgan fingerprint density at radius 2 is 1.79 bits per heavy atom. The molecule has 5 N–H and O–H groups in total. The summed E-state index contributed by atoms with van der Waals surface area (Å²) in [5.74, 6) is 0.580. The van der Waals surface area contributed by atoms with Crippen LogP contribution in [-0.2, 0) is 4.79 Å². The molecule has 1 aromatic heterocycles. The predicted molar refractivity (Wildman–Crippen MR) is 113 cm³/mol. The molecule has 0 radical (unpaired) electrons. The number of nitrogens with one attached hydrogen (secondary N) is 3. The van der Waals surface area contributed by atoms with Gasteiger partial charge in [-0.1, -0.05) is 49.7 Å². The highest BCUT2D eigenvalue weighted by atomic mass is 35.5. The van der Waals surface area contributed by atoms with Crippen molar-refractivity contribution >= 4 is 34.6 Å². The number of benzene rings is 2. The molecule has 0 saturated heterocycles. The lowest BCUT2D eigenvalue weighted by Crippen LogP contribution is -2.38. The minimum Gasteiger partial charge on any atom is -0.352 e. The average Bonchev–Trinajstić information content (AvgIpc) is 3.09. The van der Waals surface area contributed by atoms with E-state index in [9.17, 15) is 9.59 Å². The van der Waals surface area contributed by atoms with Crippen molar-refractivity contribution in [2.75, 3.05) is 0 Å². The Balaban J connectivity index is 1.77. The highest BCUT2D eigenvalue weighted by molar-refractivity contribution is 6.30. The number of hydrogen-bond donors (Lipinski definition) is 4. The molecule has 2 aromatic carbocycles. The van der Waals surface area contributed by atoms with Crippen LogP contribution in [0.1, 0.15) is 43.7 Å². The van der Waals surface area contributed by atoms with Gasteiger partial charge in [-0.2, -0.15) is 0 Å². The molecule has 0 saturated carbocycles. The SMILES string of the molecule is CC(C)C(NC(=O)CC(NC(N)=O)c1ccc(Cl)cc1)c1nc2ccccc2[nH]1. The van der Waals surface area contributed by atoms with Crippen molar-refractivity contribution in [3.05, 3.63) is 64.9 Å². The molecular formula is C21H24ClN5O2. The molecule has 1 heterocycles. The number of halogens is 1. The fourth-order valence-electron chi connectivity index (χ4n) is 3.21. The van der Waals surface area contributed by atoms with Crippen molar-refractivity contribution < 1.29 is 9.59 Å². The van der Waals surface area contributed by atoms with Gasteiger partial charge in [0, 0.05) is 5.02 Å². The molecule has 0 bridgehead atoms. The normalized spacial score (nSPS) is 13.2. The number of aromatic amines is 1. The summed E-state index contributed by atoms with van der Waals surface area (Å²) in [7, 11) is 0. The fraction of sp³-hybridized carbons (Fsp3) is 0.286. The summed E-state index contributed by atoms with van der Waals surface area (Å²) < 4.78 is 0. The van der Waals surface area contributed by atoms with Gasteiger partial charge in [-0.05, 0) is 35.7 Å². The van der Waals surface area contributed by atoms with Gasteiger partial charge >= 0.3 is 6.03 Å². The lowest BCUT2D eigenvalue weighted by atomic mass is 10.0. The van der Waals surface area contributed by atoms with Crippen molar-refractivity contribution in [3.8, 4) is 0 Å². The van der Waals surface area contributed by atoms with Gasteiger partial charge in [0.1, 0.15) is 5.82 Å². The van der Waals surface area contributed by atoms with E-state index in [-0.39, 0.29) is 24.3 Å². The number of primary amides is 1. The van der Waals surface area contributed by atoms with Crippen LogP contribution in [0.15, 0.2) is 48.5 Å². The molecule has 2 atom stereocenters. The summed E-state index contributed by atoms with van der Waals surface area (Å²) >= 11 is 5.93. The largest absolute Gasteiger partial charge is 0.352 e. The van der Waals surface area contributed by atoms with Crippen LogP contribution in [0, 0.1) is 5.92 Å². The van der Waals surface area contributed by atoms with Crippen molar-refractivity contribution in [1.82, 2.24) is 20.6 Å². The first-order valence-electron chi connectivity index (χ1n) is 9.39. The molecule has 3 rings (SSSR count). The molecule has 29 heavy (non-hydrogen) atoms. The summed E-state index contributed by atoms with van der Waals surface area (Å²) in [5, 5.41) is 6.22. The molecule has 0 spiro atoms. The predicted octanol–water partition coefficient (Wildman–Crippen LogP) is 3.83. The van der Waals surface area contributed by atoms with Crippen molar-refractivity contribution in [2.24, 2.45) is 11.7 Å². The van der Waals surface area contributed by atoms with Gasteiger partial charge in [-0.15, -0.1) is 0 Å². The highest BCUT2D eigenvalue weighted by Crippen LogP contribution is 2.24. The van der Waals surface area contributed by atoms with Crippen LogP contribution < -0.4 is 16.4 Å². The highest BCUT2D eigenvalue weighted by Gasteiger charge is 2.24. The van der Waals surface area contributed by atoms with Crippen LogP contribution in [0.3, 0.4) is 0 Å². The van der Waals surface area contributed by atoms with Crippen molar-refractivity contribution in [2.45, 2.75) is 32.4 Å². The zero-order valence-electron chi connectivity index (χ0n) is 16.3. The Bertz CT molecular complexity index is 967. The summed E-state index contributed by atoms with van der Waals surface area (Å²) in [4.78, 5) is 32.1. The number of rotatable bonds is 7. The van der Waals surface area contributed by atoms with E-state index in [1.165, 1.54) is 0 Å². The summed E-state index contributed by atoms with van der Waals surface area (Å²) in [6.07, 6.45) is 0.0357. The van der Waals surface area contributed by atoms with Crippen LogP contribution in [0.25, 0.3) is 11.0 Å². The first kappa shape index (κ1) is 20.7. The molecule has 3 aromatic rings. The third-order valence-electron chi connectivity index (χ3n) is 4.66. The van der Waals surface area contributed by atoms with Crippen LogP contribution in [0.5, 0.6) is 0 Å².